The van der Waals surface area contributed by atoms with Crippen LogP contribution in [0.15, 0.2) is 0 Å². The van der Waals surface area contributed by atoms with E-state index in [2.05, 4.69) is 27.7 Å². The minimum atomic E-state index is -0.663. The maximum atomic E-state index is 10.1. The molecule has 4 heteroatoms. The van der Waals surface area contributed by atoms with Gasteiger partial charge in [0.2, 0.25) is 0 Å². The van der Waals surface area contributed by atoms with Crippen molar-refractivity contribution < 1.29 is 19.5 Å². The van der Waals surface area contributed by atoms with E-state index in [-0.39, 0.29) is 6.10 Å². The highest BCUT2D eigenvalue weighted by Crippen LogP contribution is 2.08. The summed E-state index contributed by atoms with van der Waals surface area (Å²) >= 11 is 0. The van der Waals surface area contributed by atoms with Crippen LogP contribution in [0.5, 0.6) is 0 Å². The molecule has 0 aliphatic rings. The van der Waals surface area contributed by atoms with Gasteiger partial charge in [-0.15, -0.1) is 0 Å². The number of carboxylic acids is 1. The van der Waals surface area contributed by atoms with Crippen molar-refractivity contribution in [3.63, 3.8) is 0 Å². The molecule has 23 heavy (non-hydrogen) atoms. The molecule has 0 spiro atoms. The van der Waals surface area contributed by atoms with E-state index >= 15 is 0 Å². The van der Waals surface area contributed by atoms with Gasteiger partial charge in [-0.25, -0.2) is 0 Å². The quantitative estimate of drug-likeness (QED) is 0.387. The molecular formula is C19H42NO3+. The van der Waals surface area contributed by atoms with Crippen molar-refractivity contribution in [1.29, 1.82) is 0 Å². The fourth-order valence-corrected chi connectivity index (χ4v) is 2.85. The van der Waals surface area contributed by atoms with Gasteiger partial charge in [0.15, 0.2) is 0 Å². The highest BCUT2D eigenvalue weighted by atomic mass is 16.4. The second kappa shape index (κ2) is 16.3. The number of hydrogen-bond acceptors (Lipinski definition) is 2. The molecule has 0 fully saturated rings. The zero-order chi connectivity index (χ0) is 18.1. The summed E-state index contributed by atoms with van der Waals surface area (Å²) in [5.74, 6) is -0.663. The van der Waals surface area contributed by atoms with Gasteiger partial charge in [-0.2, -0.15) is 0 Å². The number of nitrogens with zero attached hydrogens (tertiary/aromatic N) is 1. The molecule has 0 saturated carbocycles. The van der Waals surface area contributed by atoms with Crippen molar-refractivity contribution in [1.82, 2.24) is 0 Å². The SMILES string of the molecule is CCCCCCCCCC(=O)O.CC[N+](CC)(CC)CC(C)O. The number of rotatable bonds is 13. The summed E-state index contributed by atoms with van der Waals surface area (Å²) in [6, 6.07) is 0. The largest absolute Gasteiger partial charge is 0.481 e. The molecule has 0 amide bonds. The molecular weight excluding hydrogens is 290 g/mol. The van der Waals surface area contributed by atoms with Crippen molar-refractivity contribution in [3.8, 4) is 0 Å². The zero-order valence-electron chi connectivity index (χ0n) is 16.3. The van der Waals surface area contributed by atoms with Gasteiger partial charge in [-0.3, -0.25) is 4.79 Å². The van der Waals surface area contributed by atoms with Gasteiger partial charge in [0, 0.05) is 6.42 Å². The van der Waals surface area contributed by atoms with Crippen LogP contribution in [0.3, 0.4) is 0 Å². The summed E-state index contributed by atoms with van der Waals surface area (Å²) < 4.78 is 1.04. The van der Waals surface area contributed by atoms with Crippen LogP contribution in [-0.2, 0) is 4.79 Å². The standard InChI is InChI=1S/C10H20O2.C9H22NO/c1-2-3-4-5-6-7-8-9-10(11)12;1-5-10(6-2,7-3)8-9(4)11/h2-9H2,1H3,(H,11,12);9,11H,5-8H2,1-4H3/q;+1. The number of unbranched alkanes of at least 4 members (excludes halogenated alkanes) is 6. The molecule has 0 aliphatic carbocycles. The first-order valence-electron chi connectivity index (χ1n) is 9.62. The molecule has 0 radical (unpaired) electrons. The van der Waals surface area contributed by atoms with Crippen LogP contribution in [-0.4, -0.2) is 52.9 Å². The van der Waals surface area contributed by atoms with Gasteiger partial charge in [-0.1, -0.05) is 45.4 Å². The van der Waals surface area contributed by atoms with Crippen LogP contribution in [0.4, 0.5) is 0 Å². The number of likely N-dealkylation sites (N-methyl/N-ethyl adjacent to an activating group) is 1. The Hall–Kier alpha value is -0.610. The Morgan fingerprint density at radius 2 is 1.30 bits per heavy atom. The molecule has 140 valence electrons. The number of quaternary nitrogens is 1. The zero-order valence-corrected chi connectivity index (χ0v) is 16.3. The van der Waals surface area contributed by atoms with Crippen LogP contribution in [0.2, 0.25) is 0 Å². The first kappa shape index (κ1) is 24.6. The van der Waals surface area contributed by atoms with Gasteiger partial charge < -0.3 is 14.7 Å². The minimum Gasteiger partial charge on any atom is -0.481 e. The van der Waals surface area contributed by atoms with Crippen molar-refractivity contribution in [2.75, 3.05) is 26.2 Å². The Balaban J connectivity index is 0. The Morgan fingerprint density at radius 1 is 0.870 bits per heavy atom. The Morgan fingerprint density at radius 3 is 1.61 bits per heavy atom. The second-order valence-corrected chi connectivity index (χ2v) is 6.59. The summed E-state index contributed by atoms with van der Waals surface area (Å²) in [5, 5.41) is 17.6. The molecule has 1 atom stereocenters. The van der Waals surface area contributed by atoms with Crippen molar-refractivity contribution in [3.05, 3.63) is 0 Å². The van der Waals surface area contributed by atoms with E-state index < -0.39 is 5.97 Å². The summed E-state index contributed by atoms with van der Waals surface area (Å²) in [5.41, 5.74) is 0. The topological polar surface area (TPSA) is 57.5 Å². The van der Waals surface area contributed by atoms with Gasteiger partial charge >= 0.3 is 5.97 Å². The first-order valence-corrected chi connectivity index (χ1v) is 9.62. The maximum Gasteiger partial charge on any atom is 0.303 e. The van der Waals surface area contributed by atoms with Crippen LogP contribution in [0.25, 0.3) is 0 Å². The summed E-state index contributed by atoms with van der Waals surface area (Å²) in [6.07, 6.45) is 8.47. The predicted octanol–water partition coefficient (Wildman–Crippen LogP) is 4.46. The smallest absolute Gasteiger partial charge is 0.303 e. The van der Waals surface area contributed by atoms with E-state index in [1.807, 2.05) is 6.92 Å². The van der Waals surface area contributed by atoms with E-state index in [0.717, 1.165) is 43.5 Å². The minimum absolute atomic E-state index is 0.171. The fourth-order valence-electron chi connectivity index (χ4n) is 2.85. The van der Waals surface area contributed by atoms with Crippen LogP contribution in [0.1, 0.15) is 86.0 Å². The van der Waals surface area contributed by atoms with Gasteiger partial charge in [0.1, 0.15) is 12.6 Å². The monoisotopic (exact) mass is 332 g/mol. The second-order valence-electron chi connectivity index (χ2n) is 6.59. The fraction of sp³-hybridized carbons (Fsp3) is 0.947. The molecule has 0 aromatic rings. The molecule has 4 nitrogen and oxygen atoms in total. The van der Waals surface area contributed by atoms with E-state index in [9.17, 15) is 9.90 Å². The number of hydrogen-bond donors (Lipinski definition) is 2. The lowest BCUT2D eigenvalue weighted by molar-refractivity contribution is -0.925. The number of carbonyl (C=O) groups is 1. The van der Waals surface area contributed by atoms with Gasteiger partial charge in [0.25, 0.3) is 0 Å². The molecule has 0 rings (SSSR count). The van der Waals surface area contributed by atoms with E-state index in [4.69, 9.17) is 5.11 Å². The normalized spacial score (nSPS) is 12.4. The van der Waals surface area contributed by atoms with E-state index in [1.165, 1.54) is 32.1 Å². The molecule has 2 N–H and O–H groups in total. The molecule has 0 heterocycles. The van der Waals surface area contributed by atoms with E-state index in [1.54, 1.807) is 0 Å². The third kappa shape index (κ3) is 16.0. The Kier molecular flexibility index (Phi) is 17.4. The lowest BCUT2D eigenvalue weighted by Gasteiger charge is -2.36. The van der Waals surface area contributed by atoms with Crippen molar-refractivity contribution in [2.24, 2.45) is 0 Å². The molecule has 0 aromatic carbocycles. The number of carboxylic acid groups (broad SMARTS) is 1. The summed E-state index contributed by atoms with van der Waals surface area (Å²) in [7, 11) is 0. The van der Waals surface area contributed by atoms with Crippen LogP contribution in [0, 0.1) is 0 Å². The third-order valence-corrected chi connectivity index (χ3v) is 4.66. The van der Waals surface area contributed by atoms with Crippen LogP contribution >= 0.6 is 0 Å². The Bertz CT molecular complexity index is 255. The molecule has 0 aromatic heterocycles. The number of aliphatic hydroxyl groups is 1. The summed E-state index contributed by atoms with van der Waals surface area (Å²) in [6.45, 7) is 14.9. The van der Waals surface area contributed by atoms with Crippen molar-refractivity contribution >= 4 is 5.97 Å². The summed E-state index contributed by atoms with van der Waals surface area (Å²) in [4.78, 5) is 10.1. The average molecular weight is 333 g/mol. The molecule has 0 saturated heterocycles. The number of aliphatic carboxylic acids is 1. The Labute approximate surface area is 144 Å². The third-order valence-electron chi connectivity index (χ3n) is 4.66. The van der Waals surface area contributed by atoms with Crippen molar-refractivity contribution in [2.45, 2.75) is 92.1 Å². The highest BCUT2D eigenvalue weighted by Gasteiger charge is 2.22. The van der Waals surface area contributed by atoms with Gasteiger partial charge in [-0.05, 0) is 34.1 Å². The highest BCUT2D eigenvalue weighted by molar-refractivity contribution is 5.66. The molecule has 0 bridgehead atoms. The molecule has 0 aliphatic heterocycles. The van der Waals surface area contributed by atoms with Crippen LogP contribution < -0.4 is 0 Å². The molecule has 1 unspecified atom stereocenters. The lowest BCUT2D eigenvalue weighted by Crippen LogP contribution is -2.51. The first-order chi connectivity index (χ1) is 10.9. The maximum absolute atomic E-state index is 10.1. The number of aliphatic hydroxyl groups excluding tert-OH is 1. The lowest BCUT2D eigenvalue weighted by atomic mass is 10.1. The van der Waals surface area contributed by atoms with E-state index in [0.29, 0.717) is 6.42 Å². The predicted molar refractivity (Wildman–Crippen MR) is 98.7 cm³/mol. The van der Waals surface area contributed by atoms with Gasteiger partial charge in [0.05, 0.1) is 19.6 Å². The average Bonchev–Trinajstić information content (AvgIpc) is 2.52.